The molecule has 0 saturated heterocycles. The second kappa shape index (κ2) is 8.32. The van der Waals surface area contributed by atoms with Crippen LogP contribution in [0.25, 0.3) is 0 Å². The van der Waals surface area contributed by atoms with E-state index in [4.69, 9.17) is 0 Å². The van der Waals surface area contributed by atoms with Gasteiger partial charge in [-0.15, -0.1) is 13.2 Å². The lowest BCUT2D eigenvalue weighted by Gasteiger charge is -2.43. The highest BCUT2D eigenvalue weighted by molar-refractivity contribution is 4.92. The molecule has 0 aromatic heterocycles. The van der Waals surface area contributed by atoms with Crippen molar-refractivity contribution in [2.24, 2.45) is 29.6 Å². The van der Waals surface area contributed by atoms with Crippen molar-refractivity contribution >= 4 is 0 Å². The topological polar surface area (TPSA) is 9.23 Å². The van der Waals surface area contributed by atoms with Gasteiger partial charge in [0.1, 0.15) is 12.3 Å². The molecule has 0 radical (unpaired) electrons. The lowest BCUT2D eigenvalue weighted by molar-refractivity contribution is -0.352. The van der Waals surface area contributed by atoms with Gasteiger partial charge in [-0.25, -0.2) is 8.78 Å². The maximum atomic E-state index is 14.9. The molecule has 0 bridgehead atoms. The van der Waals surface area contributed by atoms with Crippen LogP contribution >= 0.6 is 0 Å². The van der Waals surface area contributed by atoms with Crippen molar-refractivity contribution in [2.45, 2.75) is 95.9 Å². The van der Waals surface area contributed by atoms with E-state index in [1.165, 1.54) is 25.7 Å². The zero-order valence-corrected chi connectivity index (χ0v) is 15.5. The summed E-state index contributed by atoms with van der Waals surface area (Å²) in [5.74, 6) is 1.48. The maximum absolute atomic E-state index is 14.9. The Morgan fingerprint density at radius 1 is 0.692 bits per heavy atom. The first-order valence-electron chi connectivity index (χ1n) is 10.3. The highest BCUT2D eigenvalue weighted by Crippen LogP contribution is 2.47. The Morgan fingerprint density at radius 2 is 1.27 bits per heavy atom. The highest BCUT2D eigenvalue weighted by atomic mass is 19.4. The minimum Gasteiger partial charge on any atom is -0.286 e. The van der Waals surface area contributed by atoms with E-state index in [2.05, 4.69) is 11.7 Å². The fraction of sp³-hybridized carbons (Fsp3) is 1.00. The van der Waals surface area contributed by atoms with E-state index in [0.717, 1.165) is 18.8 Å². The minimum absolute atomic E-state index is 0.00254. The number of ether oxygens (including phenoxy) is 1. The summed E-state index contributed by atoms with van der Waals surface area (Å²) in [7, 11) is 0. The van der Waals surface area contributed by atoms with E-state index >= 15 is 0 Å². The second-order valence-corrected chi connectivity index (χ2v) is 8.96. The Bertz CT molecular complexity index is 446. The van der Waals surface area contributed by atoms with Crippen molar-refractivity contribution < 1.29 is 26.7 Å². The third kappa shape index (κ3) is 5.11. The minimum atomic E-state index is -4.81. The zero-order chi connectivity index (χ0) is 18.9. The van der Waals surface area contributed by atoms with E-state index in [0.29, 0.717) is 24.7 Å². The molecule has 3 saturated carbocycles. The van der Waals surface area contributed by atoms with Crippen LogP contribution < -0.4 is 0 Å². The van der Waals surface area contributed by atoms with Crippen molar-refractivity contribution in [3.05, 3.63) is 0 Å². The molecule has 26 heavy (non-hydrogen) atoms. The summed E-state index contributed by atoms with van der Waals surface area (Å²) in [5, 5.41) is 0. The van der Waals surface area contributed by atoms with E-state index < -0.39 is 24.8 Å². The van der Waals surface area contributed by atoms with E-state index in [9.17, 15) is 22.0 Å². The second-order valence-electron chi connectivity index (χ2n) is 8.96. The summed E-state index contributed by atoms with van der Waals surface area (Å²) in [4.78, 5) is 0. The fourth-order valence-electron chi connectivity index (χ4n) is 5.70. The van der Waals surface area contributed by atoms with Gasteiger partial charge in [0.25, 0.3) is 0 Å². The number of halogens is 5. The van der Waals surface area contributed by atoms with E-state index in [-0.39, 0.29) is 24.7 Å². The van der Waals surface area contributed by atoms with Gasteiger partial charge in [0.2, 0.25) is 0 Å². The molecule has 3 aliphatic carbocycles. The average Bonchev–Trinajstić information content (AvgIpc) is 2.56. The van der Waals surface area contributed by atoms with Gasteiger partial charge < -0.3 is 0 Å². The molecule has 0 N–H and O–H groups in total. The molecular formula is C20H31F5O. The molecule has 0 spiro atoms. The fourth-order valence-corrected chi connectivity index (χ4v) is 5.70. The van der Waals surface area contributed by atoms with Gasteiger partial charge in [-0.3, -0.25) is 4.74 Å². The van der Waals surface area contributed by atoms with Crippen molar-refractivity contribution in [1.29, 1.82) is 0 Å². The molecule has 0 aromatic rings. The Labute approximate surface area is 153 Å². The highest BCUT2D eigenvalue weighted by Gasteiger charge is 2.45. The monoisotopic (exact) mass is 382 g/mol. The van der Waals surface area contributed by atoms with Crippen LogP contribution in [0, 0.1) is 29.6 Å². The lowest BCUT2D eigenvalue weighted by Crippen LogP contribution is -2.42. The van der Waals surface area contributed by atoms with Gasteiger partial charge in [0, 0.05) is 0 Å². The molecule has 3 aliphatic rings. The lowest BCUT2D eigenvalue weighted by atomic mass is 9.65. The molecule has 3 fully saturated rings. The molecule has 0 heterocycles. The Hall–Kier alpha value is -0.390. The molecule has 152 valence electrons. The van der Waals surface area contributed by atoms with Gasteiger partial charge in [0.15, 0.2) is 0 Å². The maximum Gasteiger partial charge on any atom is 0.522 e. The van der Waals surface area contributed by atoms with Crippen molar-refractivity contribution in [3.8, 4) is 0 Å². The largest absolute Gasteiger partial charge is 0.522 e. The van der Waals surface area contributed by atoms with Gasteiger partial charge in [-0.2, -0.15) is 0 Å². The van der Waals surface area contributed by atoms with Crippen LogP contribution in [-0.4, -0.2) is 24.8 Å². The van der Waals surface area contributed by atoms with E-state index in [1.54, 1.807) is 0 Å². The van der Waals surface area contributed by atoms with Crippen molar-refractivity contribution in [3.63, 3.8) is 0 Å². The summed E-state index contributed by atoms with van der Waals surface area (Å²) in [6, 6.07) is 0. The third-order valence-corrected chi connectivity index (χ3v) is 7.23. The molecule has 0 aliphatic heterocycles. The summed E-state index contributed by atoms with van der Waals surface area (Å²) >= 11 is 0. The summed E-state index contributed by atoms with van der Waals surface area (Å²) in [6.45, 7) is 2.28. The van der Waals surface area contributed by atoms with Gasteiger partial charge in [-0.1, -0.05) is 19.8 Å². The summed E-state index contributed by atoms with van der Waals surface area (Å²) in [5.41, 5.74) is 0. The molecule has 6 unspecified atom stereocenters. The van der Waals surface area contributed by atoms with Gasteiger partial charge in [0.05, 0.1) is 6.10 Å². The molecule has 6 heteroatoms. The SMILES string of the molecule is CC1CCC(C2CCC(C3CCC(OC(F)(F)F)C(F)C3)C(F)C2)CC1. The zero-order valence-electron chi connectivity index (χ0n) is 15.5. The Morgan fingerprint density at radius 3 is 1.85 bits per heavy atom. The third-order valence-electron chi connectivity index (χ3n) is 7.23. The predicted molar refractivity (Wildman–Crippen MR) is 90.0 cm³/mol. The van der Waals surface area contributed by atoms with Crippen LogP contribution in [0.1, 0.15) is 71.1 Å². The van der Waals surface area contributed by atoms with Crippen LogP contribution in [0.4, 0.5) is 22.0 Å². The van der Waals surface area contributed by atoms with Crippen LogP contribution in [0.2, 0.25) is 0 Å². The number of hydrogen-bond donors (Lipinski definition) is 0. The molecular weight excluding hydrogens is 351 g/mol. The number of hydrogen-bond acceptors (Lipinski definition) is 1. The van der Waals surface area contributed by atoms with Crippen molar-refractivity contribution in [1.82, 2.24) is 0 Å². The molecule has 6 atom stereocenters. The molecule has 3 rings (SSSR count). The number of rotatable bonds is 3. The van der Waals surface area contributed by atoms with Crippen LogP contribution in [0.5, 0.6) is 0 Å². The first kappa shape index (κ1) is 20.3. The first-order chi connectivity index (χ1) is 12.2. The van der Waals surface area contributed by atoms with Crippen LogP contribution in [0.15, 0.2) is 0 Å². The predicted octanol–water partition coefficient (Wildman–Crippen LogP) is 6.61. The molecule has 0 aromatic carbocycles. The standard InChI is InChI=1S/C20H31F5O/c1-12-2-4-13(5-3-12)14-6-8-16(17(21)10-14)15-7-9-19(18(22)11-15)26-20(23,24)25/h12-19H,2-11H2,1H3. The first-order valence-corrected chi connectivity index (χ1v) is 10.3. The normalized spacial score (nSPS) is 45.5. The summed E-state index contributed by atoms with van der Waals surface area (Å²) < 4.78 is 69.9. The molecule has 0 amide bonds. The van der Waals surface area contributed by atoms with Crippen LogP contribution in [0.3, 0.4) is 0 Å². The quantitative estimate of drug-likeness (QED) is 0.499. The van der Waals surface area contributed by atoms with Crippen LogP contribution in [-0.2, 0) is 4.74 Å². The van der Waals surface area contributed by atoms with Gasteiger partial charge in [-0.05, 0) is 81.0 Å². The smallest absolute Gasteiger partial charge is 0.286 e. The molecule has 1 nitrogen and oxygen atoms in total. The van der Waals surface area contributed by atoms with E-state index in [1.807, 2.05) is 0 Å². The summed E-state index contributed by atoms with van der Waals surface area (Å²) in [6.07, 6.45) is -1.24. The van der Waals surface area contributed by atoms with Gasteiger partial charge >= 0.3 is 6.36 Å². The average molecular weight is 382 g/mol. The number of alkyl halides is 5. The Balaban J connectivity index is 1.49. The van der Waals surface area contributed by atoms with Crippen molar-refractivity contribution in [2.75, 3.05) is 0 Å². The Kier molecular flexibility index (Phi) is 6.51.